The molecule has 1 N–H and O–H groups in total. The first-order chi connectivity index (χ1) is 7.38. The second kappa shape index (κ2) is 5.34. The third kappa shape index (κ3) is 4.66. The van der Waals surface area contributed by atoms with Crippen molar-refractivity contribution < 1.29 is 13.2 Å². The van der Waals surface area contributed by atoms with Crippen LogP contribution in [0, 0.1) is 13.8 Å². The first-order valence-corrected chi connectivity index (χ1v) is 5.22. The summed E-state index contributed by atoms with van der Waals surface area (Å²) < 4.78 is 35.6. The van der Waals surface area contributed by atoms with Gasteiger partial charge in [0.05, 0.1) is 6.42 Å². The van der Waals surface area contributed by atoms with Crippen LogP contribution in [0.3, 0.4) is 0 Å². The molecule has 0 saturated carbocycles. The van der Waals surface area contributed by atoms with E-state index in [9.17, 15) is 13.2 Å². The van der Waals surface area contributed by atoms with Gasteiger partial charge in [0.15, 0.2) is 0 Å². The Labute approximate surface area is 93.7 Å². The lowest BCUT2D eigenvalue weighted by Crippen LogP contribution is -2.21. The number of hydrogen-bond acceptors (Lipinski definition) is 1. The van der Waals surface area contributed by atoms with Gasteiger partial charge in [0.25, 0.3) is 0 Å². The van der Waals surface area contributed by atoms with Crippen molar-refractivity contribution in [3.8, 4) is 0 Å². The summed E-state index contributed by atoms with van der Waals surface area (Å²) in [5.41, 5.74) is 3.37. The van der Waals surface area contributed by atoms with Crippen molar-refractivity contribution in [2.75, 3.05) is 6.54 Å². The monoisotopic (exact) mass is 231 g/mol. The number of rotatable bonds is 4. The summed E-state index contributed by atoms with van der Waals surface area (Å²) in [4.78, 5) is 0. The van der Waals surface area contributed by atoms with Gasteiger partial charge in [0, 0.05) is 13.1 Å². The molecule has 0 saturated heterocycles. The zero-order valence-electron chi connectivity index (χ0n) is 9.49. The first-order valence-electron chi connectivity index (χ1n) is 5.22. The number of nitrogens with one attached hydrogen (secondary N) is 1. The van der Waals surface area contributed by atoms with Gasteiger partial charge in [-0.15, -0.1) is 0 Å². The molecule has 1 aromatic rings. The minimum Gasteiger partial charge on any atom is -0.312 e. The van der Waals surface area contributed by atoms with Crippen LogP contribution in [0.1, 0.15) is 23.1 Å². The molecule has 90 valence electrons. The van der Waals surface area contributed by atoms with E-state index in [1.54, 1.807) is 0 Å². The normalized spacial score (nSPS) is 11.8. The van der Waals surface area contributed by atoms with Crippen LogP contribution in [0.4, 0.5) is 13.2 Å². The maximum atomic E-state index is 11.9. The molecule has 0 radical (unpaired) electrons. The zero-order valence-corrected chi connectivity index (χ0v) is 9.49. The SMILES string of the molecule is Cc1ccc(CNCCC(F)(F)F)cc1C. The quantitative estimate of drug-likeness (QED) is 0.783. The molecule has 0 bridgehead atoms. The Morgan fingerprint density at radius 1 is 1.12 bits per heavy atom. The van der Waals surface area contributed by atoms with Crippen LogP contribution in [-0.2, 0) is 6.54 Å². The summed E-state index contributed by atoms with van der Waals surface area (Å²) >= 11 is 0. The van der Waals surface area contributed by atoms with Crippen molar-refractivity contribution in [1.82, 2.24) is 5.32 Å². The van der Waals surface area contributed by atoms with E-state index in [0.717, 1.165) is 11.1 Å². The lowest BCUT2D eigenvalue weighted by Gasteiger charge is -2.09. The average molecular weight is 231 g/mol. The minimum atomic E-state index is -4.07. The van der Waals surface area contributed by atoms with Crippen LogP contribution >= 0.6 is 0 Å². The largest absolute Gasteiger partial charge is 0.390 e. The molecule has 16 heavy (non-hydrogen) atoms. The van der Waals surface area contributed by atoms with Gasteiger partial charge in [-0.25, -0.2) is 0 Å². The Morgan fingerprint density at radius 2 is 1.81 bits per heavy atom. The third-order valence-corrected chi connectivity index (χ3v) is 2.49. The summed E-state index contributed by atoms with van der Waals surface area (Å²) in [6.07, 6.45) is -4.85. The van der Waals surface area contributed by atoms with Gasteiger partial charge in [-0.1, -0.05) is 18.2 Å². The fourth-order valence-corrected chi connectivity index (χ4v) is 1.38. The number of alkyl halides is 3. The molecule has 0 amide bonds. The number of aryl methyl sites for hydroxylation is 2. The van der Waals surface area contributed by atoms with Crippen molar-refractivity contribution in [3.05, 3.63) is 34.9 Å². The zero-order chi connectivity index (χ0) is 12.2. The maximum Gasteiger partial charge on any atom is 0.390 e. The van der Waals surface area contributed by atoms with E-state index in [0.29, 0.717) is 6.54 Å². The predicted octanol–water partition coefficient (Wildman–Crippen LogP) is 3.35. The summed E-state index contributed by atoms with van der Waals surface area (Å²) in [7, 11) is 0. The molecule has 0 heterocycles. The van der Waals surface area contributed by atoms with E-state index >= 15 is 0 Å². The number of hydrogen-bond donors (Lipinski definition) is 1. The van der Waals surface area contributed by atoms with E-state index in [-0.39, 0.29) is 6.54 Å². The predicted molar refractivity (Wildman–Crippen MR) is 58.3 cm³/mol. The number of benzene rings is 1. The van der Waals surface area contributed by atoms with E-state index < -0.39 is 12.6 Å². The van der Waals surface area contributed by atoms with Crippen molar-refractivity contribution in [1.29, 1.82) is 0 Å². The number of halogens is 3. The molecular weight excluding hydrogens is 215 g/mol. The van der Waals surface area contributed by atoms with Crippen molar-refractivity contribution in [2.45, 2.75) is 33.0 Å². The first kappa shape index (κ1) is 13.0. The Bertz CT molecular complexity index is 345. The molecule has 4 heteroatoms. The van der Waals surface area contributed by atoms with Crippen molar-refractivity contribution >= 4 is 0 Å². The second-order valence-corrected chi connectivity index (χ2v) is 3.96. The highest BCUT2D eigenvalue weighted by molar-refractivity contribution is 5.29. The van der Waals surface area contributed by atoms with Crippen LogP contribution in [0.2, 0.25) is 0 Å². The lowest BCUT2D eigenvalue weighted by molar-refractivity contribution is -0.133. The van der Waals surface area contributed by atoms with Crippen LogP contribution in [0.15, 0.2) is 18.2 Å². The van der Waals surface area contributed by atoms with Gasteiger partial charge in [0.2, 0.25) is 0 Å². The summed E-state index contributed by atoms with van der Waals surface area (Å²) in [5, 5.41) is 2.78. The van der Waals surface area contributed by atoms with Crippen LogP contribution < -0.4 is 5.32 Å². The molecule has 0 aliphatic rings. The van der Waals surface area contributed by atoms with Crippen molar-refractivity contribution in [3.63, 3.8) is 0 Å². The van der Waals surface area contributed by atoms with Gasteiger partial charge in [-0.05, 0) is 30.5 Å². The Kier molecular flexibility index (Phi) is 4.35. The fourth-order valence-electron chi connectivity index (χ4n) is 1.38. The van der Waals surface area contributed by atoms with Crippen LogP contribution in [0.5, 0.6) is 0 Å². The van der Waals surface area contributed by atoms with Gasteiger partial charge < -0.3 is 5.32 Å². The molecule has 1 aromatic carbocycles. The highest BCUT2D eigenvalue weighted by atomic mass is 19.4. The fraction of sp³-hybridized carbons (Fsp3) is 0.500. The van der Waals surface area contributed by atoms with Crippen LogP contribution in [-0.4, -0.2) is 12.7 Å². The maximum absolute atomic E-state index is 11.9. The smallest absolute Gasteiger partial charge is 0.312 e. The topological polar surface area (TPSA) is 12.0 Å². The molecule has 0 atom stereocenters. The lowest BCUT2D eigenvalue weighted by atomic mass is 10.1. The van der Waals surface area contributed by atoms with E-state index in [2.05, 4.69) is 5.32 Å². The molecule has 1 nitrogen and oxygen atoms in total. The van der Waals surface area contributed by atoms with Crippen LogP contribution in [0.25, 0.3) is 0 Å². The summed E-state index contributed by atoms with van der Waals surface area (Å²) in [6, 6.07) is 5.91. The third-order valence-electron chi connectivity index (χ3n) is 2.49. The van der Waals surface area contributed by atoms with Gasteiger partial charge in [-0.2, -0.15) is 13.2 Å². The molecule has 0 aromatic heterocycles. The molecule has 0 aliphatic carbocycles. The standard InChI is InChI=1S/C12H16F3N/c1-9-3-4-11(7-10(9)2)8-16-6-5-12(13,14)15/h3-4,7,16H,5-6,8H2,1-2H3. The summed E-state index contributed by atoms with van der Waals surface area (Å²) in [5.74, 6) is 0. The highest BCUT2D eigenvalue weighted by Crippen LogP contribution is 2.18. The van der Waals surface area contributed by atoms with E-state index in [1.807, 2.05) is 32.0 Å². The van der Waals surface area contributed by atoms with Gasteiger partial charge >= 0.3 is 6.18 Å². The van der Waals surface area contributed by atoms with E-state index in [4.69, 9.17) is 0 Å². The molecule has 0 aliphatic heterocycles. The molecule has 0 spiro atoms. The van der Waals surface area contributed by atoms with Gasteiger partial charge in [0.1, 0.15) is 0 Å². The molecular formula is C12H16F3N. The Hall–Kier alpha value is -1.03. The van der Waals surface area contributed by atoms with E-state index in [1.165, 1.54) is 5.56 Å². The molecule has 0 fully saturated rings. The van der Waals surface area contributed by atoms with Crippen molar-refractivity contribution in [2.24, 2.45) is 0 Å². The second-order valence-electron chi connectivity index (χ2n) is 3.96. The molecule has 1 rings (SSSR count). The highest BCUT2D eigenvalue weighted by Gasteiger charge is 2.25. The Balaban J connectivity index is 2.35. The molecule has 0 unspecified atom stereocenters. The van der Waals surface area contributed by atoms with Gasteiger partial charge in [-0.3, -0.25) is 0 Å². The Morgan fingerprint density at radius 3 is 2.38 bits per heavy atom. The summed E-state index contributed by atoms with van der Waals surface area (Å²) in [6.45, 7) is 4.46. The average Bonchev–Trinajstić information content (AvgIpc) is 2.17. The minimum absolute atomic E-state index is 0.0313.